The predicted octanol–water partition coefficient (Wildman–Crippen LogP) is 1.00. The fourth-order valence-electron chi connectivity index (χ4n) is 0.902. The van der Waals surface area contributed by atoms with Crippen LogP contribution in [0.2, 0.25) is 0 Å². The summed E-state index contributed by atoms with van der Waals surface area (Å²) in [6.45, 7) is 1.52. The van der Waals surface area contributed by atoms with Gasteiger partial charge >= 0.3 is 0 Å². The van der Waals surface area contributed by atoms with Gasteiger partial charge in [0.25, 0.3) is 0 Å². The Hall–Kier alpha value is -1.02. The summed E-state index contributed by atoms with van der Waals surface area (Å²) in [4.78, 5) is 3.84. The van der Waals surface area contributed by atoms with Gasteiger partial charge in [-0.15, -0.1) is 10.2 Å². The first-order valence-electron chi connectivity index (χ1n) is 3.90. The van der Waals surface area contributed by atoms with Crippen LogP contribution in [0.3, 0.4) is 0 Å². The fourth-order valence-corrected chi connectivity index (χ4v) is 1.94. The van der Waals surface area contributed by atoms with Crippen molar-refractivity contribution in [2.24, 2.45) is 0 Å². The highest BCUT2D eigenvalue weighted by atomic mass is 79.9. The third-order valence-electron chi connectivity index (χ3n) is 1.48. The molecule has 2 aromatic rings. The molecule has 0 aliphatic rings. The van der Waals surface area contributed by atoms with Crippen LogP contribution in [0.4, 0.5) is 5.13 Å². The molecule has 6 nitrogen and oxygen atoms in total. The van der Waals surface area contributed by atoms with Crippen molar-refractivity contribution in [3.05, 3.63) is 16.6 Å². The van der Waals surface area contributed by atoms with Crippen molar-refractivity contribution in [2.45, 2.75) is 6.54 Å². The van der Waals surface area contributed by atoms with Crippen LogP contribution in [-0.4, -0.2) is 31.5 Å². The Labute approximate surface area is 92.5 Å². The Morgan fingerprint density at radius 1 is 1.50 bits per heavy atom. The van der Waals surface area contributed by atoms with Crippen LogP contribution in [0.5, 0.6) is 0 Å². The SMILES string of the molecule is Brc1nnc(NCCn2cncn2)s1. The van der Waals surface area contributed by atoms with Crippen LogP contribution in [0.25, 0.3) is 0 Å². The van der Waals surface area contributed by atoms with Crippen LogP contribution in [0.1, 0.15) is 0 Å². The maximum absolute atomic E-state index is 3.98. The van der Waals surface area contributed by atoms with E-state index in [1.807, 2.05) is 0 Å². The van der Waals surface area contributed by atoms with Crippen molar-refractivity contribution in [3.63, 3.8) is 0 Å². The van der Waals surface area contributed by atoms with Crippen molar-refractivity contribution in [1.82, 2.24) is 25.0 Å². The minimum atomic E-state index is 0.755. The van der Waals surface area contributed by atoms with Gasteiger partial charge in [-0.25, -0.2) is 4.98 Å². The Morgan fingerprint density at radius 2 is 2.43 bits per heavy atom. The molecule has 8 heteroatoms. The third-order valence-corrected chi connectivity index (χ3v) is 2.80. The summed E-state index contributed by atoms with van der Waals surface area (Å²) in [5, 5.41) is 15.6. The minimum Gasteiger partial charge on any atom is -0.358 e. The maximum atomic E-state index is 3.98. The summed E-state index contributed by atoms with van der Waals surface area (Å²) in [5.41, 5.74) is 0. The second kappa shape index (κ2) is 4.47. The highest BCUT2D eigenvalue weighted by molar-refractivity contribution is 9.11. The molecule has 2 heterocycles. The number of hydrogen-bond donors (Lipinski definition) is 1. The molecule has 0 amide bonds. The number of anilines is 1. The van der Waals surface area contributed by atoms with Crippen molar-refractivity contribution < 1.29 is 0 Å². The van der Waals surface area contributed by atoms with Gasteiger partial charge < -0.3 is 5.32 Å². The van der Waals surface area contributed by atoms with Crippen molar-refractivity contribution >= 4 is 32.4 Å². The quantitative estimate of drug-likeness (QED) is 0.901. The molecule has 2 aromatic heterocycles. The van der Waals surface area contributed by atoms with Gasteiger partial charge in [0, 0.05) is 6.54 Å². The number of halogens is 1. The molecule has 0 aromatic carbocycles. The van der Waals surface area contributed by atoms with E-state index in [0.29, 0.717) is 0 Å². The first-order valence-corrected chi connectivity index (χ1v) is 5.51. The summed E-state index contributed by atoms with van der Waals surface area (Å²) in [6.07, 6.45) is 3.19. The lowest BCUT2D eigenvalue weighted by molar-refractivity contribution is 0.635. The summed E-state index contributed by atoms with van der Waals surface area (Å²) in [5.74, 6) is 0. The topological polar surface area (TPSA) is 68.5 Å². The lowest BCUT2D eigenvalue weighted by Crippen LogP contribution is -2.10. The molecule has 0 unspecified atom stereocenters. The molecule has 0 aliphatic heterocycles. The molecule has 14 heavy (non-hydrogen) atoms. The largest absolute Gasteiger partial charge is 0.358 e. The number of nitrogens with one attached hydrogen (secondary N) is 1. The van der Waals surface area contributed by atoms with Gasteiger partial charge in [0.05, 0.1) is 6.54 Å². The van der Waals surface area contributed by atoms with Crippen LogP contribution < -0.4 is 5.32 Å². The smallest absolute Gasteiger partial charge is 0.206 e. The highest BCUT2D eigenvalue weighted by Gasteiger charge is 1.99. The molecule has 0 fully saturated rings. The normalized spacial score (nSPS) is 10.4. The van der Waals surface area contributed by atoms with Gasteiger partial charge in [0.1, 0.15) is 12.7 Å². The summed E-state index contributed by atoms with van der Waals surface area (Å²) < 4.78 is 2.53. The maximum Gasteiger partial charge on any atom is 0.206 e. The Balaban J connectivity index is 1.78. The fraction of sp³-hybridized carbons (Fsp3) is 0.333. The van der Waals surface area contributed by atoms with Crippen LogP contribution in [0.15, 0.2) is 16.6 Å². The van der Waals surface area contributed by atoms with E-state index in [9.17, 15) is 0 Å². The van der Waals surface area contributed by atoms with Crippen molar-refractivity contribution in [3.8, 4) is 0 Å². The standard InChI is InChI=1S/C6H7BrN6S/c7-5-11-12-6(14-5)9-1-2-13-4-8-3-10-13/h3-4H,1-2H2,(H,9,12). The van der Waals surface area contributed by atoms with Crippen molar-refractivity contribution in [1.29, 1.82) is 0 Å². The van der Waals surface area contributed by atoms with Gasteiger partial charge in [0.15, 0.2) is 3.92 Å². The molecule has 0 radical (unpaired) electrons. The molecule has 0 spiro atoms. The minimum absolute atomic E-state index is 0.755. The average molecular weight is 275 g/mol. The molecule has 0 saturated carbocycles. The van der Waals surface area contributed by atoms with Gasteiger partial charge in [-0.1, -0.05) is 11.3 Å². The van der Waals surface area contributed by atoms with Gasteiger partial charge in [-0.3, -0.25) is 4.68 Å². The van der Waals surface area contributed by atoms with E-state index in [0.717, 1.165) is 22.1 Å². The van der Waals surface area contributed by atoms with Gasteiger partial charge in [-0.2, -0.15) is 5.10 Å². The third kappa shape index (κ3) is 2.48. The van der Waals surface area contributed by atoms with E-state index in [1.165, 1.54) is 17.7 Å². The molecule has 1 N–H and O–H groups in total. The lowest BCUT2D eigenvalue weighted by Gasteiger charge is -2.00. The van der Waals surface area contributed by atoms with Crippen LogP contribution in [0, 0.1) is 0 Å². The zero-order chi connectivity index (χ0) is 9.80. The average Bonchev–Trinajstić information content (AvgIpc) is 2.77. The molecule has 0 bridgehead atoms. The van der Waals surface area contributed by atoms with E-state index >= 15 is 0 Å². The highest BCUT2D eigenvalue weighted by Crippen LogP contribution is 2.19. The molecular weight excluding hydrogens is 268 g/mol. The van der Waals surface area contributed by atoms with Crippen molar-refractivity contribution in [2.75, 3.05) is 11.9 Å². The zero-order valence-corrected chi connectivity index (χ0v) is 9.49. The predicted molar refractivity (Wildman–Crippen MR) is 56.1 cm³/mol. The number of aromatic nitrogens is 5. The second-order valence-electron chi connectivity index (χ2n) is 2.45. The van der Waals surface area contributed by atoms with Gasteiger partial charge in [-0.05, 0) is 15.9 Å². The summed E-state index contributed by atoms with van der Waals surface area (Å²) >= 11 is 4.70. The molecular formula is C6H7BrN6S. The first kappa shape index (κ1) is 9.53. The number of nitrogens with zero attached hydrogens (tertiary/aromatic N) is 5. The second-order valence-corrected chi connectivity index (χ2v) is 4.70. The number of rotatable bonds is 4. The Kier molecular flexibility index (Phi) is 3.04. The zero-order valence-electron chi connectivity index (χ0n) is 7.09. The molecule has 0 saturated heterocycles. The number of hydrogen-bond acceptors (Lipinski definition) is 6. The molecule has 2 rings (SSSR count). The van der Waals surface area contributed by atoms with E-state index < -0.39 is 0 Å². The Bertz CT molecular complexity index is 385. The lowest BCUT2D eigenvalue weighted by atomic mass is 10.6. The van der Waals surface area contributed by atoms with E-state index in [2.05, 4.69) is 41.5 Å². The van der Waals surface area contributed by atoms with E-state index in [-0.39, 0.29) is 0 Å². The molecule has 0 aliphatic carbocycles. The summed E-state index contributed by atoms with van der Waals surface area (Å²) in [7, 11) is 0. The first-order chi connectivity index (χ1) is 6.84. The Morgan fingerprint density at radius 3 is 3.07 bits per heavy atom. The monoisotopic (exact) mass is 274 g/mol. The van der Waals surface area contributed by atoms with Crippen LogP contribution in [-0.2, 0) is 6.54 Å². The van der Waals surface area contributed by atoms with Gasteiger partial charge in [0.2, 0.25) is 5.13 Å². The van der Waals surface area contributed by atoms with Crippen LogP contribution >= 0.6 is 27.3 Å². The molecule has 0 atom stereocenters. The van der Waals surface area contributed by atoms with E-state index in [4.69, 9.17) is 0 Å². The van der Waals surface area contributed by atoms with E-state index in [1.54, 1.807) is 11.0 Å². The summed E-state index contributed by atoms with van der Waals surface area (Å²) in [6, 6.07) is 0. The molecule has 74 valence electrons.